The van der Waals surface area contributed by atoms with E-state index in [0.29, 0.717) is 12.8 Å². The first-order valence-corrected chi connectivity index (χ1v) is 4.18. The maximum absolute atomic E-state index is 10.8. The molecule has 3 heteroatoms. The van der Waals surface area contributed by atoms with E-state index in [1.165, 1.54) is 6.92 Å². The van der Waals surface area contributed by atoms with Crippen molar-refractivity contribution in [2.45, 2.75) is 33.6 Å². The number of hydrogen-bond acceptors (Lipinski definition) is 2. The summed E-state index contributed by atoms with van der Waals surface area (Å²) in [6, 6.07) is 0. The zero-order valence-corrected chi connectivity index (χ0v) is 7.83. The molecule has 1 N–H and O–H groups in total. The topological polar surface area (TPSA) is 54.4 Å². The minimum Gasteiger partial charge on any atom is -0.481 e. The third-order valence-corrected chi connectivity index (χ3v) is 2.15. The van der Waals surface area contributed by atoms with Crippen LogP contribution in [0.25, 0.3) is 0 Å². The first-order chi connectivity index (χ1) is 5.45. The second kappa shape index (κ2) is 4.91. The lowest BCUT2D eigenvalue weighted by Crippen LogP contribution is -2.13. The molecule has 2 atom stereocenters. The normalized spacial score (nSPS) is 15.2. The molecule has 0 spiro atoms. The molecule has 0 aromatic heterocycles. The van der Waals surface area contributed by atoms with Crippen LogP contribution in [-0.2, 0) is 9.59 Å². The van der Waals surface area contributed by atoms with Crippen LogP contribution in [0.3, 0.4) is 0 Å². The number of carboxylic acids is 1. The Morgan fingerprint density at radius 3 is 1.92 bits per heavy atom. The van der Waals surface area contributed by atoms with Gasteiger partial charge in [-0.05, 0) is 19.8 Å². The van der Waals surface area contributed by atoms with Gasteiger partial charge >= 0.3 is 5.97 Å². The Bertz CT molecular complexity index is 155. The Balaban J connectivity index is 3.68. The SMILES string of the molecule is CC(=O)C(C)CCC(C)C(=O)O. The highest BCUT2D eigenvalue weighted by molar-refractivity contribution is 5.77. The number of aliphatic carboxylic acids is 1. The molecule has 0 aliphatic heterocycles. The van der Waals surface area contributed by atoms with Crippen LogP contribution >= 0.6 is 0 Å². The van der Waals surface area contributed by atoms with Crippen LogP contribution in [0.2, 0.25) is 0 Å². The lowest BCUT2D eigenvalue weighted by Gasteiger charge is -2.09. The van der Waals surface area contributed by atoms with E-state index in [2.05, 4.69) is 0 Å². The van der Waals surface area contributed by atoms with E-state index in [9.17, 15) is 9.59 Å². The predicted molar refractivity (Wildman–Crippen MR) is 45.9 cm³/mol. The van der Waals surface area contributed by atoms with Gasteiger partial charge in [0.1, 0.15) is 5.78 Å². The van der Waals surface area contributed by atoms with Crippen molar-refractivity contribution >= 4 is 11.8 Å². The zero-order chi connectivity index (χ0) is 9.72. The molecule has 0 saturated carbocycles. The van der Waals surface area contributed by atoms with Crippen LogP contribution in [-0.4, -0.2) is 16.9 Å². The number of hydrogen-bond donors (Lipinski definition) is 1. The molecule has 0 aromatic rings. The molecule has 0 bridgehead atoms. The van der Waals surface area contributed by atoms with Gasteiger partial charge in [0.25, 0.3) is 0 Å². The number of Topliss-reactive ketones (excluding diaryl/α,β-unsaturated/α-hetero) is 1. The molecular weight excluding hydrogens is 156 g/mol. The molecule has 0 aromatic carbocycles. The summed E-state index contributed by atoms with van der Waals surface area (Å²) in [5.74, 6) is -1.00. The highest BCUT2D eigenvalue weighted by atomic mass is 16.4. The van der Waals surface area contributed by atoms with Crippen LogP contribution in [0.1, 0.15) is 33.6 Å². The summed E-state index contributed by atoms with van der Waals surface area (Å²) in [5, 5.41) is 8.55. The molecule has 2 unspecified atom stereocenters. The first kappa shape index (κ1) is 11.1. The van der Waals surface area contributed by atoms with Crippen LogP contribution in [0.15, 0.2) is 0 Å². The van der Waals surface area contributed by atoms with Crippen molar-refractivity contribution in [2.75, 3.05) is 0 Å². The summed E-state index contributed by atoms with van der Waals surface area (Å²) >= 11 is 0. The van der Waals surface area contributed by atoms with Gasteiger partial charge in [-0.15, -0.1) is 0 Å². The minimum atomic E-state index is -0.786. The maximum Gasteiger partial charge on any atom is 0.306 e. The van der Waals surface area contributed by atoms with Crippen molar-refractivity contribution in [3.63, 3.8) is 0 Å². The average Bonchev–Trinajstić information content (AvgIpc) is 1.98. The summed E-state index contributed by atoms with van der Waals surface area (Å²) in [5.41, 5.74) is 0. The van der Waals surface area contributed by atoms with Crippen LogP contribution in [0, 0.1) is 11.8 Å². The Kier molecular flexibility index (Phi) is 4.55. The lowest BCUT2D eigenvalue weighted by molar-refractivity contribution is -0.141. The van der Waals surface area contributed by atoms with Gasteiger partial charge in [0.05, 0.1) is 5.92 Å². The molecular formula is C9H16O3. The van der Waals surface area contributed by atoms with E-state index in [4.69, 9.17) is 5.11 Å². The van der Waals surface area contributed by atoms with E-state index < -0.39 is 5.97 Å². The minimum absolute atomic E-state index is 0.00759. The third-order valence-electron chi connectivity index (χ3n) is 2.15. The van der Waals surface area contributed by atoms with Gasteiger partial charge in [-0.25, -0.2) is 0 Å². The quantitative estimate of drug-likeness (QED) is 0.686. The van der Waals surface area contributed by atoms with Crippen LogP contribution < -0.4 is 0 Å². The molecule has 70 valence electrons. The second-order valence-electron chi connectivity index (χ2n) is 3.33. The summed E-state index contributed by atoms with van der Waals surface area (Å²) in [6.07, 6.45) is 1.25. The molecule has 0 rings (SSSR count). The number of ketones is 1. The fourth-order valence-electron chi connectivity index (χ4n) is 0.827. The Hall–Kier alpha value is -0.860. The third kappa shape index (κ3) is 4.11. The van der Waals surface area contributed by atoms with E-state index in [0.717, 1.165) is 0 Å². The molecule has 0 radical (unpaired) electrons. The number of rotatable bonds is 5. The number of carbonyl (C=O) groups is 2. The van der Waals surface area contributed by atoms with Crippen LogP contribution in [0.5, 0.6) is 0 Å². The van der Waals surface area contributed by atoms with Crippen molar-refractivity contribution < 1.29 is 14.7 Å². The Morgan fingerprint density at radius 1 is 1.17 bits per heavy atom. The number of carboxylic acid groups (broad SMARTS) is 1. The monoisotopic (exact) mass is 172 g/mol. The van der Waals surface area contributed by atoms with Gasteiger partial charge in [-0.1, -0.05) is 13.8 Å². The molecule has 0 aliphatic carbocycles. The van der Waals surface area contributed by atoms with E-state index >= 15 is 0 Å². The van der Waals surface area contributed by atoms with Gasteiger partial charge < -0.3 is 5.11 Å². The van der Waals surface area contributed by atoms with Gasteiger partial charge in [0, 0.05) is 5.92 Å². The van der Waals surface area contributed by atoms with E-state index in [1.807, 2.05) is 6.92 Å². The van der Waals surface area contributed by atoms with Gasteiger partial charge in [0.15, 0.2) is 0 Å². The average molecular weight is 172 g/mol. The highest BCUT2D eigenvalue weighted by Crippen LogP contribution is 2.12. The van der Waals surface area contributed by atoms with Gasteiger partial charge in [-0.2, -0.15) is 0 Å². The maximum atomic E-state index is 10.8. The molecule has 0 saturated heterocycles. The highest BCUT2D eigenvalue weighted by Gasteiger charge is 2.14. The van der Waals surface area contributed by atoms with E-state index in [1.54, 1.807) is 6.92 Å². The summed E-state index contributed by atoms with van der Waals surface area (Å²) < 4.78 is 0. The van der Waals surface area contributed by atoms with Crippen molar-refractivity contribution in [1.82, 2.24) is 0 Å². The largest absolute Gasteiger partial charge is 0.481 e. The van der Waals surface area contributed by atoms with Crippen molar-refractivity contribution in [1.29, 1.82) is 0 Å². The van der Waals surface area contributed by atoms with Crippen molar-refractivity contribution in [3.8, 4) is 0 Å². The fourth-order valence-corrected chi connectivity index (χ4v) is 0.827. The Labute approximate surface area is 72.8 Å². The smallest absolute Gasteiger partial charge is 0.306 e. The van der Waals surface area contributed by atoms with Gasteiger partial charge in [-0.3, -0.25) is 9.59 Å². The van der Waals surface area contributed by atoms with Crippen molar-refractivity contribution in [2.24, 2.45) is 11.8 Å². The Morgan fingerprint density at radius 2 is 1.58 bits per heavy atom. The van der Waals surface area contributed by atoms with Gasteiger partial charge in [0.2, 0.25) is 0 Å². The summed E-state index contributed by atoms with van der Waals surface area (Å²) in [6.45, 7) is 5.03. The summed E-state index contributed by atoms with van der Waals surface area (Å²) in [7, 11) is 0. The molecule has 3 nitrogen and oxygen atoms in total. The predicted octanol–water partition coefficient (Wildman–Crippen LogP) is 1.71. The second-order valence-corrected chi connectivity index (χ2v) is 3.33. The molecule has 0 aliphatic rings. The van der Waals surface area contributed by atoms with E-state index in [-0.39, 0.29) is 17.6 Å². The number of carbonyl (C=O) groups excluding carboxylic acids is 1. The lowest BCUT2D eigenvalue weighted by atomic mass is 9.96. The first-order valence-electron chi connectivity index (χ1n) is 4.18. The zero-order valence-electron chi connectivity index (χ0n) is 7.83. The summed E-state index contributed by atoms with van der Waals surface area (Å²) in [4.78, 5) is 21.2. The van der Waals surface area contributed by atoms with Crippen molar-refractivity contribution in [3.05, 3.63) is 0 Å². The molecule has 12 heavy (non-hydrogen) atoms. The molecule has 0 heterocycles. The standard InChI is InChI=1S/C9H16O3/c1-6(8(3)10)4-5-7(2)9(11)12/h6-7H,4-5H2,1-3H3,(H,11,12). The van der Waals surface area contributed by atoms with Crippen LogP contribution in [0.4, 0.5) is 0 Å². The molecule has 0 fully saturated rings. The fraction of sp³-hybridized carbons (Fsp3) is 0.778. The molecule has 0 amide bonds.